The van der Waals surface area contributed by atoms with Crippen LogP contribution in [0.5, 0.6) is 0 Å². The van der Waals surface area contributed by atoms with E-state index in [0.717, 1.165) is 23.2 Å². The fourth-order valence-electron chi connectivity index (χ4n) is 2.50. The molecule has 1 aliphatic heterocycles. The monoisotopic (exact) mass is 311 g/mol. The van der Waals surface area contributed by atoms with E-state index in [2.05, 4.69) is 40.0 Å². The van der Waals surface area contributed by atoms with Gasteiger partial charge in [0.1, 0.15) is 0 Å². The van der Waals surface area contributed by atoms with Crippen molar-refractivity contribution in [3.63, 3.8) is 0 Å². The molecule has 0 spiro atoms. The zero-order valence-corrected chi connectivity index (χ0v) is 12.2. The normalized spacial score (nSPS) is 24.1. The highest BCUT2D eigenvalue weighted by Crippen LogP contribution is 2.26. The number of amides is 1. The van der Waals surface area contributed by atoms with Crippen molar-refractivity contribution >= 4 is 27.5 Å². The van der Waals surface area contributed by atoms with Crippen LogP contribution in [0.4, 0.5) is 5.69 Å². The molecule has 1 aliphatic rings. The first-order valence-corrected chi connectivity index (χ1v) is 6.87. The number of hydrogen-bond acceptors (Lipinski definition) is 3. The predicted octanol–water partition coefficient (Wildman–Crippen LogP) is 1.73. The number of carbonyl (C=O) groups is 1. The molecule has 5 heteroatoms. The minimum Gasteiger partial charge on any atom is -0.368 e. The maximum Gasteiger partial charge on any atom is 0.250 e. The number of primary amides is 1. The molecule has 18 heavy (non-hydrogen) atoms. The number of carbonyl (C=O) groups excluding carboxylic acids is 1. The summed E-state index contributed by atoms with van der Waals surface area (Å²) in [6.45, 7) is 6.05. The highest BCUT2D eigenvalue weighted by molar-refractivity contribution is 9.10. The molecular weight excluding hydrogens is 294 g/mol. The van der Waals surface area contributed by atoms with Gasteiger partial charge in [-0.1, -0.05) is 15.9 Å². The maximum atomic E-state index is 11.5. The van der Waals surface area contributed by atoms with Crippen LogP contribution in [-0.4, -0.2) is 31.1 Å². The number of nitrogens with one attached hydrogen (secondary N) is 1. The van der Waals surface area contributed by atoms with E-state index in [4.69, 9.17) is 5.73 Å². The van der Waals surface area contributed by atoms with Crippen LogP contribution < -0.4 is 16.0 Å². The lowest BCUT2D eigenvalue weighted by Gasteiger charge is -2.38. The number of rotatable bonds is 2. The molecule has 1 saturated heterocycles. The Labute approximate surface area is 116 Å². The number of hydrogen-bond donors (Lipinski definition) is 2. The average molecular weight is 312 g/mol. The fourth-order valence-corrected chi connectivity index (χ4v) is 2.87. The molecule has 0 saturated carbocycles. The van der Waals surface area contributed by atoms with Crippen LogP contribution in [0.1, 0.15) is 24.2 Å². The van der Waals surface area contributed by atoms with Crippen LogP contribution in [0.2, 0.25) is 0 Å². The Morgan fingerprint density at radius 2 is 2.00 bits per heavy atom. The van der Waals surface area contributed by atoms with Gasteiger partial charge in [0.15, 0.2) is 0 Å². The van der Waals surface area contributed by atoms with Gasteiger partial charge in [0.05, 0.1) is 5.56 Å². The van der Waals surface area contributed by atoms with Crippen molar-refractivity contribution in [3.05, 3.63) is 28.2 Å². The van der Waals surface area contributed by atoms with Gasteiger partial charge in [-0.05, 0) is 32.0 Å². The Morgan fingerprint density at radius 3 is 2.56 bits per heavy atom. The smallest absolute Gasteiger partial charge is 0.250 e. The van der Waals surface area contributed by atoms with Crippen LogP contribution in [0.25, 0.3) is 0 Å². The Hall–Kier alpha value is -1.07. The molecular formula is C13H18BrN3O. The zero-order valence-electron chi connectivity index (χ0n) is 10.6. The SMILES string of the molecule is CC1CN(c2ccc(Br)cc2C(N)=O)CC(C)N1. The van der Waals surface area contributed by atoms with Gasteiger partial charge < -0.3 is 16.0 Å². The van der Waals surface area contributed by atoms with Crippen molar-refractivity contribution in [3.8, 4) is 0 Å². The molecule has 0 aliphatic carbocycles. The lowest BCUT2D eigenvalue weighted by molar-refractivity contribution is 0.100. The lowest BCUT2D eigenvalue weighted by Crippen LogP contribution is -2.54. The molecule has 1 heterocycles. The van der Waals surface area contributed by atoms with Gasteiger partial charge >= 0.3 is 0 Å². The third-order valence-electron chi connectivity index (χ3n) is 3.12. The summed E-state index contributed by atoms with van der Waals surface area (Å²) in [7, 11) is 0. The molecule has 1 amide bonds. The second-order valence-corrected chi connectivity index (χ2v) is 5.82. The Kier molecular flexibility index (Phi) is 3.92. The fraction of sp³-hybridized carbons (Fsp3) is 0.462. The van der Waals surface area contributed by atoms with Gasteiger partial charge in [-0.25, -0.2) is 0 Å². The molecule has 98 valence electrons. The summed E-state index contributed by atoms with van der Waals surface area (Å²) in [5, 5.41) is 3.47. The van der Waals surface area contributed by atoms with E-state index in [9.17, 15) is 4.79 Å². The van der Waals surface area contributed by atoms with Crippen molar-refractivity contribution in [2.24, 2.45) is 5.73 Å². The van der Waals surface area contributed by atoms with E-state index in [1.54, 1.807) is 6.07 Å². The maximum absolute atomic E-state index is 11.5. The minimum atomic E-state index is -0.384. The highest BCUT2D eigenvalue weighted by Gasteiger charge is 2.23. The topological polar surface area (TPSA) is 58.4 Å². The molecule has 2 atom stereocenters. The van der Waals surface area contributed by atoms with Crippen molar-refractivity contribution in [1.82, 2.24) is 5.32 Å². The molecule has 3 N–H and O–H groups in total. The molecule has 0 radical (unpaired) electrons. The Morgan fingerprint density at radius 1 is 1.39 bits per heavy atom. The van der Waals surface area contributed by atoms with Crippen LogP contribution in [0.3, 0.4) is 0 Å². The van der Waals surface area contributed by atoms with Crippen molar-refractivity contribution in [1.29, 1.82) is 0 Å². The zero-order chi connectivity index (χ0) is 13.3. The van der Waals surface area contributed by atoms with E-state index < -0.39 is 0 Å². The van der Waals surface area contributed by atoms with Gasteiger partial charge in [-0.2, -0.15) is 0 Å². The number of halogens is 1. The summed E-state index contributed by atoms with van der Waals surface area (Å²) < 4.78 is 0.872. The van der Waals surface area contributed by atoms with Crippen molar-refractivity contribution < 1.29 is 4.79 Å². The summed E-state index contributed by atoms with van der Waals surface area (Å²) in [5.41, 5.74) is 6.95. The summed E-state index contributed by atoms with van der Waals surface area (Å²) in [6.07, 6.45) is 0. The van der Waals surface area contributed by atoms with E-state index in [0.29, 0.717) is 17.6 Å². The van der Waals surface area contributed by atoms with Crippen molar-refractivity contribution in [2.45, 2.75) is 25.9 Å². The summed E-state index contributed by atoms with van der Waals surface area (Å²) in [5.74, 6) is -0.384. The summed E-state index contributed by atoms with van der Waals surface area (Å²) >= 11 is 3.37. The molecule has 1 aromatic carbocycles. The number of benzene rings is 1. The molecule has 0 bridgehead atoms. The van der Waals surface area contributed by atoms with E-state index in [1.165, 1.54) is 0 Å². The van der Waals surface area contributed by atoms with Gasteiger partial charge in [-0.3, -0.25) is 4.79 Å². The molecule has 4 nitrogen and oxygen atoms in total. The molecule has 1 aromatic rings. The van der Waals surface area contributed by atoms with Crippen LogP contribution >= 0.6 is 15.9 Å². The largest absolute Gasteiger partial charge is 0.368 e. The molecule has 0 aromatic heterocycles. The first-order chi connectivity index (χ1) is 8.47. The third kappa shape index (κ3) is 2.84. The highest BCUT2D eigenvalue weighted by atomic mass is 79.9. The summed E-state index contributed by atoms with van der Waals surface area (Å²) in [4.78, 5) is 13.8. The van der Waals surface area contributed by atoms with Gasteiger partial charge in [0, 0.05) is 35.3 Å². The van der Waals surface area contributed by atoms with E-state index >= 15 is 0 Å². The second-order valence-electron chi connectivity index (χ2n) is 4.90. The van der Waals surface area contributed by atoms with Crippen LogP contribution in [0.15, 0.2) is 22.7 Å². The van der Waals surface area contributed by atoms with Crippen molar-refractivity contribution in [2.75, 3.05) is 18.0 Å². The van der Waals surface area contributed by atoms with E-state index in [-0.39, 0.29) is 5.91 Å². The molecule has 2 unspecified atom stereocenters. The van der Waals surface area contributed by atoms with Crippen LogP contribution in [-0.2, 0) is 0 Å². The van der Waals surface area contributed by atoms with Gasteiger partial charge in [0.25, 0.3) is 5.91 Å². The first-order valence-electron chi connectivity index (χ1n) is 6.07. The first kappa shape index (κ1) is 13.4. The Balaban J connectivity index is 2.35. The molecule has 2 rings (SSSR count). The molecule has 1 fully saturated rings. The number of nitrogens with zero attached hydrogens (tertiary/aromatic N) is 1. The van der Waals surface area contributed by atoms with Gasteiger partial charge in [-0.15, -0.1) is 0 Å². The Bertz CT molecular complexity index is 454. The predicted molar refractivity (Wildman–Crippen MR) is 76.9 cm³/mol. The number of anilines is 1. The van der Waals surface area contributed by atoms with E-state index in [1.807, 2.05) is 12.1 Å². The van der Waals surface area contributed by atoms with Crippen LogP contribution in [0, 0.1) is 0 Å². The standard InChI is InChI=1S/C13H18BrN3O/c1-8-6-17(7-9(2)16-8)12-4-3-10(14)5-11(12)13(15)18/h3-5,8-9,16H,6-7H2,1-2H3,(H2,15,18). The third-order valence-corrected chi connectivity index (χ3v) is 3.62. The number of piperazine rings is 1. The number of nitrogens with two attached hydrogens (primary N) is 1. The summed E-state index contributed by atoms with van der Waals surface area (Å²) in [6, 6.07) is 6.49. The van der Waals surface area contributed by atoms with Gasteiger partial charge in [0.2, 0.25) is 0 Å². The quantitative estimate of drug-likeness (QED) is 0.874. The average Bonchev–Trinajstić information content (AvgIpc) is 2.27. The minimum absolute atomic E-state index is 0.384. The second kappa shape index (κ2) is 5.28. The lowest BCUT2D eigenvalue weighted by atomic mass is 10.1.